The van der Waals surface area contributed by atoms with E-state index >= 15 is 4.39 Å². The van der Waals surface area contributed by atoms with Crippen molar-refractivity contribution in [2.45, 2.75) is 49.9 Å². The number of anilines is 1. The van der Waals surface area contributed by atoms with Crippen LogP contribution in [0.25, 0.3) is 32.8 Å². The van der Waals surface area contributed by atoms with Gasteiger partial charge >= 0.3 is 6.01 Å². The number of hydrogen-bond acceptors (Lipinski definition) is 9. The number of ether oxygens (including phenoxy) is 1. The lowest BCUT2D eigenvalue weighted by Gasteiger charge is -2.42. The zero-order chi connectivity index (χ0) is 29.7. The number of aliphatic hydroxyl groups excluding tert-OH is 2. The number of likely N-dealkylation sites (N-methyl/N-ethyl adjacent to an activating group) is 1. The molecule has 3 unspecified atom stereocenters. The first-order valence-electron chi connectivity index (χ1n) is 15.2. The van der Waals surface area contributed by atoms with Gasteiger partial charge in [-0.3, -0.25) is 4.90 Å². The molecule has 3 aliphatic rings. The number of nitrogens with zero attached hydrogens (tertiary/aromatic N) is 5. The number of aromatic nitrogens is 2. The van der Waals surface area contributed by atoms with Crippen molar-refractivity contribution in [2.75, 3.05) is 51.3 Å². The van der Waals surface area contributed by atoms with Crippen LogP contribution in [0.5, 0.6) is 11.8 Å². The van der Waals surface area contributed by atoms with E-state index in [-0.39, 0.29) is 42.0 Å². The van der Waals surface area contributed by atoms with Gasteiger partial charge in [0.2, 0.25) is 0 Å². The molecule has 3 N–H and O–H groups in total. The highest BCUT2D eigenvalue weighted by atomic mass is 19.1. The van der Waals surface area contributed by atoms with Crippen LogP contribution in [0.4, 0.5) is 10.2 Å². The van der Waals surface area contributed by atoms with E-state index in [1.165, 1.54) is 0 Å². The monoisotopic (exact) mass is 587 g/mol. The molecule has 4 heterocycles. The second-order valence-corrected chi connectivity index (χ2v) is 12.3. The highest BCUT2D eigenvalue weighted by Gasteiger charge is 2.41. The van der Waals surface area contributed by atoms with Crippen molar-refractivity contribution < 1.29 is 24.4 Å². The SMILES string of the molecule is CN1CCC[C@H]1COc1nc(N2CC3CCC(C2)N3CC(O)CO)c2ccc(-c3cc(O)cc4ccccc34)c(F)c2n1. The number of aliphatic hydroxyl groups is 2. The molecule has 4 atom stereocenters. The molecule has 9 nitrogen and oxygen atoms in total. The maximum atomic E-state index is 16.6. The van der Waals surface area contributed by atoms with Gasteiger partial charge in [-0.1, -0.05) is 30.3 Å². The van der Waals surface area contributed by atoms with Crippen LogP contribution >= 0.6 is 0 Å². The van der Waals surface area contributed by atoms with Crippen molar-refractivity contribution in [3.63, 3.8) is 0 Å². The highest BCUT2D eigenvalue weighted by molar-refractivity contribution is 6.01. The van der Waals surface area contributed by atoms with Crippen molar-refractivity contribution in [3.8, 4) is 22.9 Å². The van der Waals surface area contributed by atoms with Crippen molar-refractivity contribution in [3.05, 3.63) is 54.3 Å². The minimum absolute atomic E-state index is 0.0703. The Morgan fingerprint density at radius 2 is 1.79 bits per heavy atom. The van der Waals surface area contributed by atoms with Crippen molar-refractivity contribution >= 4 is 27.5 Å². The van der Waals surface area contributed by atoms with E-state index in [2.05, 4.69) is 26.7 Å². The predicted molar refractivity (Wildman–Crippen MR) is 164 cm³/mol. The van der Waals surface area contributed by atoms with Crippen LogP contribution in [0, 0.1) is 5.82 Å². The molecule has 0 radical (unpaired) electrons. The van der Waals surface area contributed by atoms with E-state index in [0.29, 0.717) is 48.6 Å². The van der Waals surface area contributed by atoms with E-state index in [9.17, 15) is 15.3 Å². The maximum Gasteiger partial charge on any atom is 0.319 e. The molecule has 0 saturated carbocycles. The molecule has 3 fully saturated rings. The van der Waals surface area contributed by atoms with Gasteiger partial charge in [-0.15, -0.1) is 0 Å². The summed E-state index contributed by atoms with van der Waals surface area (Å²) >= 11 is 0. The summed E-state index contributed by atoms with van der Waals surface area (Å²) in [5.41, 5.74) is 1.14. The molecule has 3 aromatic carbocycles. The van der Waals surface area contributed by atoms with E-state index < -0.39 is 11.9 Å². The van der Waals surface area contributed by atoms with Gasteiger partial charge in [-0.05, 0) is 73.8 Å². The van der Waals surface area contributed by atoms with Gasteiger partial charge in [0.1, 0.15) is 23.7 Å². The molecule has 3 saturated heterocycles. The molecule has 0 spiro atoms. The third kappa shape index (κ3) is 5.26. The Balaban J connectivity index is 1.30. The molecule has 4 aromatic rings. The quantitative estimate of drug-likeness (QED) is 0.284. The van der Waals surface area contributed by atoms with Crippen molar-refractivity contribution in [2.24, 2.45) is 0 Å². The Bertz CT molecular complexity index is 1640. The van der Waals surface area contributed by atoms with Gasteiger partial charge in [-0.2, -0.15) is 9.97 Å². The summed E-state index contributed by atoms with van der Waals surface area (Å²) in [5.74, 6) is 0.235. The summed E-state index contributed by atoms with van der Waals surface area (Å²) in [7, 11) is 2.09. The second-order valence-electron chi connectivity index (χ2n) is 12.3. The maximum absolute atomic E-state index is 16.6. The highest BCUT2D eigenvalue weighted by Crippen LogP contribution is 2.40. The molecule has 0 aliphatic carbocycles. The minimum Gasteiger partial charge on any atom is -0.508 e. The van der Waals surface area contributed by atoms with E-state index in [1.54, 1.807) is 18.2 Å². The fourth-order valence-electron chi connectivity index (χ4n) is 7.28. The van der Waals surface area contributed by atoms with Crippen LogP contribution in [0.3, 0.4) is 0 Å². The lowest BCUT2D eigenvalue weighted by Crippen LogP contribution is -2.56. The molecular weight excluding hydrogens is 549 g/mol. The summed E-state index contributed by atoms with van der Waals surface area (Å²) in [6.07, 6.45) is 3.35. The number of benzene rings is 3. The van der Waals surface area contributed by atoms with Gasteiger partial charge in [-0.25, -0.2) is 4.39 Å². The van der Waals surface area contributed by atoms with Gasteiger partial charge < -0.3 is 29.9 Å². The topological polar surface area (TPSA) is 105 Å². The molecule has 2 bridgehead atoms. The zero-order valence-corrected chi connectivity index (χ0v) is 24.4. The Morgan fingerprint density at radius 1 is 1.00 bits per heavy atom. The number of likely N-dealkylation sites (tertiary alicyclic amines) is 1. The smallest absolute Gasteiger partial charge is 0.319 e. The van der Waals surface area contributed by atoms with Gasteiger partial charge in [0, 0.05) is 48.7 Å². The number of hydrogen-bond donors (Lipinski definition) is 3. The molecule has 1 aromatic heterocycles. The fraction of sp³-hybridized carbons (Fsp3) is 0.455. The summed E-state index contributed by atoms with van der Waals surface area (Å²) in [6, 6.07) is 15.3. The van der Waals surface area contributed by atoms with Crippen LogP contribution < -0.4 is 9.64 Å². The summed E-state index contributed by atoms with van der Waals surface area (Å²) in [4.78, 5) is 16.3. The number of phenolic OH excluding ortho intramolecular Hbond substituents is 1. The molecular formula is C33H38FN5O4. The zero-order valence-electron chi connectivity index (χ0n) is 24.4. The fourth-order valence-corrected chi connectivity index (χ4v) is 7.28. The van der Waals surface area contributed by atoms with Gasteiger partial charge in [0.15, 0.2) is 5.82 Å². The van der Waals surface area contributed by atoms with Crippen LogP contribution in [0.15, 0.2) is 48.5 Å². The number of phenols is 1. The van der Waals surface area contributed by atoms with Crippen molar-refractivity contribution in [1.29, 1.82) is 0 Å². The van der Waals surface area contributed by atoms with E-state index in [0.717, 1.165) is 43.0 Å². The van der Waals surface area contributed by atoms with Crippen molar-refractivity contribution in [1.82, 2.24) is 19.8 Å². The van der Waals surface area contributed by atoms with Crippen LogP contribution in [0.1, 0.15) is 25.7 Å². The van der Waals surface area contributed by atoms with E-state index in [4.69, 9.17) is 9.72 Å². The number of fused-ring (bicyclic) bond motifs is 4. The third-order valence-corrected chi connectivity index (χ3v) is 9.54. The third-order valence-electron chi connectivity index (χ3n) is 9.54. The first-order valence-corrected chi connectivity index (χ1v) is 15.2. The van der Waals surface area contributed by atoms with Crippen LogP contribution in [-0.4, -0.2) is 106 Å². The Kier molecular flexibility index (Phi) is 7.54. The molecule has 0 amide bonds. The van der Waals surface area contributed by atoms with Crippen LogP contribution in [-0.2, 0) is 0 Å². The first-order chi connectivity index (χ1) is 20.9. The summed E-state index contributed by atoms with van der Waals surface area (Å²) < 4.78 is 22.8. The average Bonchev–Trinajstić information content (AvgIpc) is 3.51. The molecule has 10 heteroatoms. The Hall–Kier alpha value is -3.57. The number of halogens is 1. The molecule has 43 heavy (non-hydrogen) atoms. The lowest BCUT2D eigenvalue weighted by molar-refractivity contribution is 0.0375. The molecule has 226 valence electrons. The Morgan fingerprint density at radius 3 is 2.53 bits per heavy atom. The average molecular weight is 588 g/mol. The summed E-state index contributed by atoms with van der Waals surface area (Å²) in [6.45, 7) is 2.97. The number of piperazine rings is 1. The first kappa shape index (κ1) is 28.2. The molecule has 7 rings (SSSR count). The van der Waals surface area contributed by atoms with E-state index in [1.807, 2.05) is 30.3 Å². The second kappa shape index (κ2) is 11.5. The Labute approximate surface area is 250 Å². The summed E-state index contributed by atoms with van der Waals surface area (Å²) in [5, 5.41) is 32.3. The standard InChI is InChI=1S/C33H38FN5O4/c1-37-12-4-6-23(37)19-43-33-35-31-28(32(36-33)38-15-21-8-9-22(16-38)39(21)17-25(42)18-40)11-10-27(30(31)34)29-14-24(41)13-20-5-2-3-7-26(20)29/h2-3,5,7,10-11,13-14,21-23,25,40-42H,4,6,8-9,12,15-19H2,1H3/t21?,22?,23-,25?/m0/s1. The van der Waals surface area contributed by atoms with Crippen LogP contribution in [0.2, 0.25) is 0 Å². The number of rotatable bonds is 8. The predicted octanol–water partition coefficient (Wildman–Crippen LogP) is 3.77. The number of aromatic hydroxyl groups is 1. The largest absolute Gasteiger partial charge is 0.508 e. The molecule has 3 aliphatic heterocycles. The lowest BCUT2D eigenvalue weighted by atomic mass is 9.96. The van der Waals surface area contributed by atoms with Gasteiger partial charge in [0.25, 0.3) is 0 Å². The minimum atomic E-state index is -0.774. The normalized spacial score (nSPS) is 23.4. The van der Waals surface area contributed by atoms with Gasteiger partial charge in [0.05, 0.1) is 12.7 Å².